The molecule has 0 spiro atoms. The van der Waals surface area contributed by atoms with Crippen LogP contribution in [0, 0.1) is 5.92 Å². The average molecular weight is 453 g/mol. The van der Waals surface area contributed by atoms with E-state index in [1.165, 1.54) is 17.4 Å². The number of aliphatic carboxylic acids is 1. The quantitative estimate of drug-likeness (QED) is 0.230. The van der Waals surface area contributed by atoms with Crippen molar-refractivity contribution >= 4 is 23.7 Å². The number of aromatic amines is 1. The Balaban J connectivity index is 2.02. The second-order valence-electron chi connectivity index (χ2n) is 8.03. The lowest BCUT2D eigenvalue weighted by atomic mass is 9.98. The summed E-state index contributed by atoms with van der Waals surface area (Å²) < 4.78 is 0. The Hall–Kier alpha value is -2.99. The number of carbonyl (C=O) groups is 4. The topological polar surface area (TPSA) is 191 Å². The van der Waals surface area contributed by atoms with Gasteiger partial charge in [-0.25, -0.2) is 9.78 Å². The molecule has 1 saturated heterocycles. The van der Waals surface area contributed by atoms with Crippen molar-refractivity contribution in [1.82, 2.24) is 25.5 Å². The zero-order valence-corrected chi connectivity index (χ0v) is 18.3. The van der Waals surface area contributed by atoms with E-state index >= 15 is 0 Å². The van der Waals surface area contributed by atoms with Crippen LogP contribution in [-0.2, 0) is 25.6 Å². The van der Waals surface area contributed by atoms with E-state index in [-0.39, 0.29) is 18.9 Å². The largest absolute Gasteiger partial charge is 0.480 e. The van der Waals surface area contributed by atoms with E-state index in [2.05, 4.69) is 20.6 Å². The van der Waals surface area contributed by atoms with Crippen LogP contribution >= 0.6 is 0 Å². The van der Waals surface area contributed by atoms with Gasteiger partial charge in [-0.05, 0) is 18.8 Å². The first kappa shape index (κ1) is 25.3. The van der Waals surface area contributed by atoms with E-state index < -0.39 is 54.5 Å². The van der Waals surface area contributed by atoms with Gasteiger partial charge in [-0.3, -0.25) is 14.4 Å². The van der Waals surface area contributed by atoms with Crippen molar-refractivity contribution in [3.8, 4) is 0 Å². The fourth-order valence-corrected chi connectivity index (χ4v) is 3.63. The molecule has 178 valence electrons. The lowest BCUT2D eigenvalue weighted by Crippen LogP contribution is -2.58. The van der Waals surface area contributed by atoms with Crippen LogP contribution in [0.4, 0.5) is 0 Å². The van der Waals surface area contributed by atoms with E-state index in [1.54, 1.807) is 6.92 Å². The third-order valence-electron chi connectivity index (χ3n) is 5.74. The molecule has 32 heavy (non-hydrogen) atoms. The van der Waals surface area contributed by atoms with Gasteiger partial charge in [-0.15, -0.1) is 0 Å². The molecule has 1 aromatic heterocycles. The minimum atomic E-state index is -1.27. The maximum absolute atomic E-state index is 13.0. The Morgan fingerprint density at radius 2 is 2.06 bits per heavy atom. The molecule has 0 bridgehead atoms. The molecule has 0 aliphatic carbocycles. The molecule has 1 aromatic rings. The number of carboxylic acid groups (broad SMARTS) is 1. The number of nitrogens with two attached hydrogens (primary N) is 1. The van der Waals surface area contributed by atoms with Crippen molar-refractivity contribution in [2.24, 2.45) is 11.7 Å². The Bertz CT molecular complexity index is 801. The number of nitrogens with zero attached hydrogens (tertiary/aromatic N) is 2. The molecule has 1 fully saturated rings. The molecule has 1 aliphatic heterocycles. The highest BCUT2D eigenvalue weighted by Gasteiger charge is 2.39. The van der Waals surface area contributed by atoms with E-state index in [0.717, 1.165) is 0 Å². The lowest BCUT2D eigenvalue weighted by molar-refractivity contribution is -0.146. The van der Waals surface area contributed by atoms with Gasteiger partial charge < -0.3 is 36.5 Å². The molecule has 2 rings (SSSR count). The standard InChI is InChI=1S/C20H32N6O6/c1-3-11(2)16(20(31)32)25-18(29)15-5-4-6-26(15)19(30)14(9-27)24-17(28)13(21)7-12-8-22-10-23-12/h8,10-11,13-16,27H,3-7,9,21H2,1-2H3,(H,22,23)(H,24,28)(H,25,29)(H,31,32). The summed E-state index contributed by atoms with van der Waals surface area (Å²) in [7, 11) is 0. The van der Waals surface area contributed by atoms with Crippen LogP contribution < -0.4 is 16.4 Å². The van der Waals surface area contributed by atoms with Crippen molar-refractivity contribution in [3.63, 3.8) is 0 Å². The average Bonchev–Trinajstić information content (AvgIpc) is 3.46. The summed E-state index contributed by atoms with van der Waals surface area (Å²) in [6.45, 7) is 3.13. The molecule has 0 radical (unpaired) electrons. The molecule has 3 amide bonds. The Labute approximate surface area is 185 Å². The molecule has 5 unspecified atom stereocenters. The van der Waals surface area contributed by atoms with Crippen LogP contribution in [0.3, 0.4) is 0 Å². The van der Waals surface area contributed by atoms with E-state index in [4.69, 9.17) is 5.73 Å². The van der Waals surface area contributed by atoms with Gasteiger partial charge in [0.25, 0.3) is 0 Å². The second-order valence-corrected chi connectivity index (χ2v) is 8.03. The van der Waals surface area contributed by atoms with Crippen molar-refractivity contribution in [1.29, 1.82) is 0 Å². The smallest absolute Gasteiger partial charge is 0.326 e. The van der Waals surface area contributed by atoms with Crippen molar-refractivity contribution in [2.75, 3.05) is 13.2 Å². The highest BCUT2D eigenvalue weighted by Crippen LogP contribution is 2.20. The first-order chi connectivity index (χ1) is 15.2. The van der Waals surface area contributed by atoms with Gasteiger partial charge in [-0.2, -0.15) is 0 Å². The maximum atomic E-state index is 13.0. The van der Waals surface area contributed by atoms with E-state index in [9.17, 15) is 29.4 Å². The Morgan fingerprint density at radius 1 is 1.34 bits per heavy atom. The monoisotopic (exact) mass is 452 g/mol. The summed E-state index contributed by atoms with van der Waals surface area (Å²) in [5, 5.41) is 24.1. The lowest BCUT2D eigenvalue weighted by Gasteiger charge is -2.30. The van der Waals surface area contributed by atoms with Gasteiger partial charge in [-0.1, -0.05) is 20.3 Å². The second kappa shape index (κ2) is 11.6. The molecule has 0 saturated carbocycles. The predicted octanol–water partition coefficient (Wildman–Crippen LogP) is -1.64. The number of likely N-dealkylation sites (tertiary alicyclic amines) is 1. The van der Waals surface area contributed by atoms with Crippen LogP contribution in [-0.4, -0.2) is 86.1 Å². The number of carboxylic acids is 1. The molecule has 2 heterocycles. The molecular weight excluding hydrogens is 420 g/mol. The number of amides is 3. The van der Waals surface area contributed by atoms with Gasteiger partial charge in [0.1, 0.15) is 18.1 Å². The zero-order valence-electron chi connectivity index (χ0n) is 18.3. The summed E-state index contributed by atoms with van der Waals surface area (Å²) in [5.74, 6) is -3.25. The Kier molecular flexibility index (Phi) is 9.14. The number of hydrogen-bond acceptors (Lipinski definition) is 7. The van der Waals surface area contributed by atoms with Crippen molar-refractivity contribution in [3.05, 3.63) is 18.2 Å². The summed E-state index contributed by atoms with van der Waals surface area (Å²) in [6, 6.07) is -4.19. The van der Waals surface area contributed by atoms with Crippen molar-refractivity contribution in [2.45, 2.75) is 63.7 Å². The summed E-state index contributed by atoms with van der Waals surface area (Å²) in [4.78, 5) is 57.6. The fraction of sp³-hybridized carbons (Fsp3) is 0.650. The number of H-pyrrole nitrogens is 1. The predicted molar refractivity (Wildman–Crippen MR) is 113 cm³/mol. The van der Waals surface area contributed by atoms with Crippen LogP contribution in [0.25, 0.3) is 0 Å². The first-order valence-corrected chi connectivity index (χ1v) is 10.7. The molecule has 0 aromatic carbocycles. The van der Waals surface area contributed by atoms with Crippen LogP contribution in [0.5, 0.6) is 0 Å². The summed E-state index contributed by atoms with van der Waals surface area (Å²) in [5.41, 5.74) is 6.52. The van der Waals surface area contributed by atoms with Crippen molar-refractivity contribution < 1.29 is 29.4 Å². The van der Waals surface area contributed by atoms with Gasteiger partial charge in [0.15, 0.2) is 0 Å². The number of aliphatic hydroxyl groups is 1. The van der Waals surface area contributed by atoms with E-state index in [0.29, 0.717) is 25.0 Å². The molecule has 7 N–H and O–H groups in total. The number of aromatic nitrogens is 2. The molecule has 5 atom stereocenters. The number of aliphatic hydroxyl groups excluding tert-OH is 1. The Morgan fingerprint density at radius 3 is 2.62 bits per heavy atom. The third kappa shape index (κ3) is 6.26. The zero-order chi connectivity index (χ0) is 23.8. The highest BCUT2D eigenvalue weighted by molar-refractivity contribution is 5.94. The van der Waals surface area contributed by atoms with E-state index in [1.807, 2.05) is 6.92 Å². The SMILES string of the molecule is CCC(C)C(NC(=O)C1CCCN1C(=O)C(CO)NC(=O)C(N)Cc1cnc[nH]1)C(=O)O. The van der Waals surface area contributed by atoms with Gasteiger partial charge in [0.05, 0.1) is 19.0 Å². The number of carbonyl (C=O) groups excluding carboxylic acids is 3. The summed E-state index contributed by atoms with van der Waals surface area (Å²) >= 11 is 0. The van der Waals surface area contributed by atoms with Gasteiger partial charge >= 0.3 is 5.97 Å². The van der Waals surface area contributed by atoms with Crippen LogP contribution in [0.15, 0.2) is 12.5 Å². The first-order valence-electron chi connectivity index (χ1n) is 10.7. The molecule has 12 heteroatoms. The normalized spacial score (nSPS) is 19.6. The maximum Gasteiger partial charge on any atom is 0.326 e. The summed E-state index contributed by atoms with van der Waals surface area (Å²) in [6.07, 6.45) is 4.60. The number of hydrogen-bond donors (Lipinski definition) is 6. The number of nitrogens with one attached hydrogen (secondary N) is 3. The molecular formula is C20H32N6O6. The van der Waals surface area contributed by atoms with Gasteiger partial charge in [0, 0.05) is 24.9 Å². The molecule has 12 nitrogen and oxygen atoms in total. The minimum absolute atomic E-state index is 0.166. The van der Waals surface area contributed by atoms with Crippen LogP contribution in [0.1, 0.15) is 38.8 Å². The third-order valence-corrected chi connectivity index (χ3v) is 5.74. The van der Waals surface area contributed by atoms with Gasteiger partial charge in [0.2, 0.25) is 17.7 Å². The van der Waals surface area contributed by atoms with Crippen LogP contribution in [0.2, 0.25) is 0 Å². The number of imidazole rings is 1. The fourth-order valence-electron chi connectivity index (χ4n) is 3.63. The highest BCUT2D eigenvalue weighted by atomic mass is 16.4. The molecule has 1 aliphatic rings. The number of rotatable bonds is 11. The minimum Gasteiger partial charge on any atom is -0.480 e.